The molecule has 0 aromatic heterocycles. The molecule has 4 heteroatoms. The molecule has 0 N–H and O–H groups in total. The first kappa shape index (κ1) is 17.9. The van der Waals surface area contributed by atoms with Crippen LogP contribution in [0.1, 0.15) is 24.5 Å². The Kier molecular flexibility index (Phi) is 6.64. The van der Waals surface area contributed by atoms with Crippen LogP contribution in [0.4, 0.5) is 0 Å². The molecule has 2 rings (SSSR count). The average Bonchev–Trinajstić information content (AvgIpc) is 2.44. The minimum Gasteiger partial charge on any atom is -0.481 e. The quantitative estimate of drug-likeness (QED) is 0.615. The first-order chi connectivity index (χ1) is 9.54. The molecule has 1 atom stereocenters. The number of benzene rings is 1. The Bertz CT molecular complexity index is 601. The summed E-state index contributed by atoms with van der Waals surface area (Å²) in [5.41, 5.74) is 2.88. The number of carbonyl (C=O) groups is 1. The summed E-state index contributed by atoms with van der Waals surface area (Å²) in [6.07, 6.45) is 9.15. The molecule has 0 spiro atoms. The van der Waals surface area contributed by atoms with E-state index in [9.17, 15) is 4.79 Å². The second-order valence-corrected chi connectivity index (χ2v) is 5.00. The number of ether oxygens (including phenoxy) is 1. The fourth-order valence-electron chi connectivity index (χ4n) is 2.29. The molecule has 0 bridgehead atoms. The van der Waals surface area contributed by atoms with E-state index in [1.54, 1.807) is 11.9 Å². The van der Waals surface area contributed by atoms with E-state index >= 15 is 0 Å². The SMILES string of the molecule is C#CCOc1ccc(C2=[C-]CC(C)C(=O)N2C)c(C)c1.[Y]. The van der Waals surface area contributed by atoms with Crippen molar-refractivity contribution in [2.24, 2.45) is 5.92 Å². The maximum absolute atomic E-state index is 12.0. The molecule has 0 saturated carbocycles. The molecule has 1 aromatic carbocycles. The van der Waals surface area contributed by atoms with Crippen molar-refractivity contribution in [1.29, 1.82) is 0 Å². The van der Waals surface area contributed by atoms with Crippen molar-refractivity contribution < 1.29 is 42.2 Å². The fourth-order valence-corrected chi connectivity index (χ4v) is 2.29. The van der Waals surface area contributed by atoms with Crippen molar-refractivity contribution in [3.63, 3.8) is 0 Å². The number of carbonyl (C=O) groups excluding carboxylic acids is 1. The smallest absolute Gasteiger partial charge is 0.225 e. The molecule has 0 aliphatic carbocycles. The minimum absolute atomic E-state index is 0. The zero-order valence-corrected chi connectivity index (χ0v) is 15.5. The van der Waals surface area contributed by atoms with Gasteiger partial charge in [-0.05, 0) is 12.1 Å². The third-order valence-electron chi connectivity index (χ3n) is 3.44. The van der Waals surface area contributed by atoms with E-state index in [1.165, 1.54) is 0 Å². The van der Waals surface area contributed by atoms with Gasteiger partial charge in [0.1, 0.15) is 12.4 Å². The van der Waals surface area contributed by atoms with Crippen molar-refractivity contribution in [1.82, 2.24) is 4.90 Å². The van der Waals surface area contributed by atoms with Gasteiger partial charge in [-0.2, -0.15) is 0 Å². The first-order valence-corrected chi connectivity index (χ1v) is 6.60. The van der Waals surface area contributed by atoms with E-state index in [1.807, 2.05) is 32.0 Å². The van der Waals surface area contributed by atoms with Crippen molar-refractivity contribution in [3.05, 3.63) is 35.4 Å². The molecular weight excluding hydrogens is 339 g/mol. The molecule has 107 valence electrons. The van der Waals surface area contributed by atoms with Gasteiger partial charge in [-0.25, -0.2) is 6.08 Å². The van der Waals surface area contributed by atoms with Crippen molar-refractivity contribution >= 4 is 11.6 Å². The number of terminal acetylenes is 1. The summed E-state index contributed by atoms with van der Waals surface area (Å²) in [5.74, 6) is 3.31. The summed E-state index contributed by atoms with van der Waals surface area (Å²) in [6, 6.07) is 5.74. The predicted molar refractivity (Wildman–Crippen MR) is 78.7 cm³/mol. The average molecular weight is 357 g/mol. The fraction of sp³-hybridized carbons (Fsp3) is 0.353. The molecule has 1 aliphatic heterocycles. The molecule has 1 unspecified atom stereocenters. The zero-order valence-electron chi connectivity index (χ0n) is 12.6. The van der Waals surface area contributed by atoms with E-state index < -0.39 is 0 Å². The zero-order chi connectivity index (χ0) is 14.7. The second kappa shape index (κ2) is 7.78. The molecule has 1 aliphatic rings. The number of hydrogen-bond donors (Lipinski definition) is 0. The minimum atomic E-state index is 0. The van der Waals surface area contributed by atoms with Crippen LogP contribution in [0.5, 0.6) is 5.75 Å². The van der Waals surface area contributed by atoms with Gasteiger partial charge in [-0.1, -0.05) is 26.2 Å². The summed E-state index contributed by atoms with van der Waals surface area (Å²) in [7, 11) is 1.79. The van der Waals surface area contributed by atoms with E-state index in [0.29, 0.717) is 6.42 Å². The summed E-state index contributed by atoms with van der Waals surface area (Å²) >= 11 is 0. The molecule has 1 amide bonds. The number of allylic oxidation sites excluding steroid dienone is 1. The molecule has 1 heterocycles. The van der Waals surface area contributed by atoms with E-state index in [-0.39, 0.29) is 51.1 Å². The third kappa shape index (κ3) is 3.96. The van der Waals surface area contributed by atoms with Crippen LogP contribution in [0.25, 0.3) is 5.70 Å². The maximum Gasteiger partial charge on any atom is 0.225 e. The van der Waals surface area contributed by atoms with Crippen molar-refractivity contribution in [2.45, 2.75) is 20.3 Å². The Labute approximate surface area is 151 Å². The normalized spacial score (nSPS) is 17.6. The number of nitrogens with zero attached hydrogens (tertiary/aromatic N) is 1. The summed E-state index contributed by atoms with van der Waals surface area (Å²) < 4.78 is 5.40. The van der Waals surface area contributed by atoms with Gasteiger partial charge in [0.15, 0.2) is 0 Å². The van der Waals surface area contributed by atoms with Crippen LogP contribution in [0.3, 0.4) is 0 Å². The van der Waals surface area contributed by atoms with Crippen LogP contribution in [-0.4, -0.2) is 24.5 Å². The Morgan fingerprint density at radius 2 is 2.24 bits per heavy atom. The van der Waals surface area contributed by atoms with Gasteiger partial charge in [-0.3, -0.25) is 4.79 Å². The van der Waals surface area contributed by atoms with Crippen LogP contribution in [0.2, 0.25) is 0 Å². The van der Waals surface area contributed by atoms with Gasteiger partial charge in [0.25, 0.3) is 0 Å². The van der Waals surface area contributed by atoms with Crippen LogP contribution >= 0.6 is 0 Å². The molecule has 3 nitrogen and oxygen atoms in total. The molecule has 0 saturated heterocycles. The Balaban J connectivity index is 0.00000220. The van der Waals surface area contributed by atoms with Crippen LogP contribution in [0.15, 0.2) is 18.2 Å². The summed E-state index contributed by atoms with van der Waals surface area (Å²) in [4.78, 5) is 13.7. The number of hydrogen-bond acceptors (Lipinski definition) is 2. The molecular formula is C17H18NO2Y-. The molecule has 1 radical (unpaired) electrons. The van der Waals surface area contributed by atoms with Gasteiger partial charge < -0.3 is 9.64 Å². The maximum atomic E-state index is 12.0. The summed E-state index contributed by atoms with van der Waals surface area (Å²) in [6.45, 7) is 4.17. The Morgan fingerprint density at radius 1 is 1.52 bits per heavy atom. The third-order valence-corrected chi connectivity index (χ3v) is 3.44. The van der Waals surface area contributed by atoms with Gasteiger partial charge in [-0.15, -0.1) is 29.3 Å². The Morgan fingerprint density at radius 3 is 2.86 bits per heavy atom. The van der Waals surface area contributed by atoms with Gasteiger partial charge in [0.2, 0.25) is 5.91 Å². The summed E-state index contributed by atoms with van der Waals surface area (Å²) in [5, 5.41) is 0. The standard InChI is InChI=1S/C17H18NO2.Y/c1-5-10-20-14-7-8-15(13(3)11-14)16-9-6-12(2)17(19)18(16)4;/h1,7-8,11-12H,6,10H2,2-4H3;/q-1;. The monoisotopic (exact) mass is 357 g/mol. The molecule has 21 heavy (non-hydrogen) atoms. The van der Waals surface area contributed by atoms with Crippen molar-refractivity contribution in [3.8, 4) is 18.1 Å². The first-order valence-electron chi connectivity index (χ1n) is 6.60. The number of amides is 1. The van der Waals surface area contributed by atoms with Crippen LogP contribution < -0.4 is 4.74 Å². The number of aryl methyl sites for hydroxylation is 1. The van der Waals surface area contributed by atoms with E-state index in [0.717, 1.165) is 22.6 Å². The van der Waals surface area contributed by atoms with Gasteiger partial charge in [0, 0.05) is 45.7 Å². The van der Waals surface area contributed by atoms with Crippen molar-refractivity contribution in [2.75, 3.05) is 13.7 Å². The van der Waals surface area contributed by atoms with Gasteiger partial charge >= 0.3 is 0 Å². The topological polar surface area (TPSA) is 29.5 Å². The largest absolute Gasteiger partial charge is 0.481 e. The molecule has 1 aromatic rings. The number of rotatable bonds is 3. The molecule has 0 fully saturated rings. The van der Waals surface area contributed by atoms with Crippen LogP contribution in [-0.2, 0) is 37.5 Å². The van der Waals surface area contributed by atoms with E-state index in [2.05, 4.69) is 12.0 Å². The Hall–Kier alpha value is -1.11. The predicted octanol–water partition coefficient (Wildman–Crippen LogP) is 2.65. The van der Waals surface area contributed by atoms with Gasteiger partial charge in [0.05, 0.1) is 0 Å². The van der Waals surface area contributed by atoms with E-state index in [4.69, 9.17) is 11.2 Å². The second-order valence-electron chi connectivity index (χ2n) is 5.00. The van der Waals surface area contributed by atoms with Crippen LogP contribution in [0, 0.1) is 31.3 Å².